The molecule has 1 fully saturated rings. The van der Waals surface area contributed by atoms with E-state index in [4.69, 9.17) is 4.74 Å². The molecule has 1 aromatic heterocycles. The molecule has 0 spiro atoms. The lowest BCUT2D eigenvalue weighted by Crippen LogP contribution is -2.34. The lowest BCUT2D eigenvalue weighted by molar-refractivity contribution is 0.0931. The Morgan fingerprint density at radius 1 is 1.43 bits per heavy atom. The van der Waals surface area contributed by atoms with Crippen molar-refractivity contribution in [3.8, 4) is 0 Å². The molecule has 1 aliphatic rings. The van der Waals surface area contributed by atoms with Gasteiger partial charge in [0.1, 0.15) is 17.3 Å². The van der Waals surface area contributed by atoms with Crippen LogP contribution in [0.3, 0.4) is 0 Å². The van der Waals surface area contributed by atoms with E-state index in [1.165, 1.54) is 12.8 Å². The number of aryl methyl sites for hydroxylation is 1. The van der Waals surface area contributed by atoms with Crippen LogP contribution >= 0.6 is 0 Å². The van der Waals surface area contributed by atoms with Crippen LogP contribution in [0.1, 0.15) is 36.1 Å². The smallest absolute Gasteiger partial charge is 0.270 e. The van der Waals surface area contributed by atoms with Crippen LogP contribution in [0.2, 0.25) is 0 Å². The number of carbonyl (C=O) groups excluding carboxylic acids is 1. The highest BCUT2D eigenvalue weighted by Gasteiger charge is 2.19. The minimum atomic E-state index is -0.177. The molecule has 1 aromatic rings. The quantitative estimate of drug-likeness (QED) is 0.831. The third-order valence-electron chi connectivity index (χ3n) is 3.76. The Bertz CT molecular complexity index is 485. The summed E-state index contributed by atoms with van der Waals surface area (Å²) >= 11 is 0. The molecule has 2 heterocycles. The topological polar surface area (TPSA) is 67.3 Å². The van der Waals surface area contributed by atoms with Gasteiger partial charge in [-0.1, -0.05) is 6.92 Å². The maximum atomic E-state index is 12.1. The van der Waals surface area contributed by atoms with Gasteiger partial charge in [0.15, 0.2) is 0 Å². The molecule has 1 saturated heterocycles. The van der Waals surface area contributed by atoms with Gasteiger partial charge in [-0.2, -0.15) is 0 Å². The molecular formula is C15H24N4O2. The van der Waals surface area contributed by atoms with Gasteiger partial charge in [0.25, 0.3) is 5.91 Å². The van der Waals surface area contributed by atoms with Crippen LogP contribution in [-0.2, 0) is 4.74 Å². The number of anilines is 1. The summed E-state index contributed by atoms with van der Waals surface area (Å²) in [6, 6.07) is 1.78. The minimum absolute atomic E-state index is 0.177. The van der Waals surface area contributed by atoms with Crippen LogP contribution in [0.25, 0.3) is 0 Å². The molecule has 6 nitrogen and oxygen atoms in total. The van der Waals surface area contributed by atoms with Crippen LogP contribution in [0.15, 0.2) is 6.07 Å². The summed E-state index contributed by atoms with van der Waals surface area (Å²) in [7, 11) is 1.61. The van der Waals surface area contributed by atoms with Gasteiger partial charge in [-0.3, -0.25) is 4.79 Å². The summed E-state index contributed by atoms with van der Waals surface area (Å²) in [5.41, 5.74) is 0.423. The number of aromatic nitrogens is 2. The molecule has 0 saturated carbocycles. The van der Waals surface area contributed by atoms with Crippen molar-refractivity contribution in [1.29, 1.82) is 0 Å². The predicted octanol–water partition coefficient (Wildman–Crippen LogP) is 1.40. The first-order valence-corrected chi connectivity index (χ1v) is 7.48. The second kappa shape index (κ2) is 7.36. The van der Waals surface area contributed by atoms with Crippen LogP contribution in [0, 0.1) is 12.8 Å². The zero-order valence-corrected chi connectivity index (χ0v) is 13.1. The number of nitrogens with zero attached hydrogens (tertiary/aromatic N) is 3. The fraction of sp³-hybridized carbons (Fsp3) is 0.667. The molecule has 6 heteroatoms. The van der Waals surface area contributed by atoms with Gasteiger partial charge in [-0.05, 0) is 25.7 Å². The van der Waals surface area contributed by atoms with E-state index in [-0.39, 0.29) is 5.91 Å². The fourth-order valence-electron chi connectivity index (χ4n) is 2.43. The molecule has 0 atom stereocenters. The summed E-state index contributed by atoms with van der Waals surface area (Å²) in [6.45, 7) is 7.05. The fourth-order valence-corrected chi connectivity index (χ4v) is 2.43. The number of piperidine rings is 1. The van der Waals surface area contributed by atoms with E-state index in [1.807, 2.05) is 6.92 Å². The van der Waals surface area contributed by atoms with Crippen molar-refractivity contribution in [2.75, 3.05) is 38.3 Å². The first kappa shape index (κ1) is 15.7. The summed E-state index contributed by atoms with van der Waals surface area (Å²) in [4.78, 5) is 23.0. The summed E-state index contributed by atoms with van der Waals surface area (Å²) in [5, 5.41) is 2.79. The Morgan fingerprint density at radius 2 is 2.14 bits per heavy atom. The molecule has 21 heavy (non-hydrogen) atoms. The van der Waals surface area contributed by atoms with E-state index < -0.39 is 0 Å². The Labute approximate surface area is 125 Å². The van der Waals surface area contributed by atoms with Crippen molar-refractivity contribution in [3.63, 3.8) is 0 Å². The van der Waals surface area contributed by atoms with Crippen LogP contribution in [0.5, 0.6) is 0 Å². The highest BCUT2D eigenvalue weighted by Crippen LogP contribution is 2.21. The van der Waals surface area contributed by atoms with E-state index in [1.54, 1.807) is 13.2 Å². The average molecular weight is 292 g/mol. The largest absolute Gasteiger partial charge is 0.383 e. The number of hydrogen-bond donors (Lipinski definition) is 1. The molecule has 1 amide bonds. The standard InChI is InChI=1S/C15H24N4O2/c1-11-4-7-19(8-5-11)14-10-13(17-12(2)18-14)15(20)16-6-9-21-3/h10-11H,4-9H2,1-3H3,(H,16,20). The van der Waals surface area contributed by atoms with Crippen LogP contribution in [0.4, 0.5) is 5.82 Å². The highest BCUT2D eigenvalue weighted by atomic mass is 16.5. The monoisotopic (exact) mass is 292 g/mol. The lowest BCUT2D eigenvalue weighted by atomic mass is 9.99. The highest BCUT2D eigenvalue weighted by molar-refractivity contribution is 5.92. The minimum Gasteiger partial charge on any atom is -0.383 e. The molecule has 116 valence electrons. The molecule has 0 aliphatic carbocycles. The van der Waals surface area contributed by atoms with Crippen molar-refractivity contribution in [1.82, 2.24) is 15.3 Å². The van der Waals surface area contributed by atoms with Gasteiger partial charge < -0.3 is 15.0 Å². The van der Waals surface area contributed by atoms with E-state index in [9.17, 15) is 4.79 Å². The predicted molar refractivity (Wildman–Crippen MR) is 81.6 cm³/mol. The summed E-state index contributed by atoms with van der Waals surface area (Å²) < 4.78 is 4.93. The molecule has 0 bridgehead atoms. The van der Waals surface area contributed by atoms with E-state index in [2.05, 4.69) is 27.1 Å². The Morgan fingerprint density at radius 3 is 2.81 bits per heavy atom. The van der Waals surface area contributed by atoms with Gasteiger partial charge in [-0.15, -0.1) is 0 Å². The van der Waals surface area contributed by atoms with Crippen molar-refractivity contribution < 1.29 is 9.53 Å². The zero-order chi connectivity index (χ0) is 15.2. The summed E-state index contributed by atoms with van der Waals surface area (Å²) in [5.74, 6) is 2.07. The average Bonchev–Trinajstić information content (AvgIpc) is 2.47. The van der Waals surface area contributed by atoms with Gasteiger partial charge in [0.2, 0.25) is 0 Å². The second-order valence-electron chi connectivity index (χ2n) is 5.58. The number of ether oxygens (including phenoxy) is 1. The lowest BCUT2D eigenvalue weighted by Gasteiger charge is -2.31. The number of rotatable bonds is 5. The van der Waals surface area contributed by atoms with Gasteiger partial charge >= 0.3 is 0 Å². The summed E-state index contributed by atoms with van der Waals surface area (Å²) in [6.07, 6.45) is 2.33. The SMILES string of the molecule is COCCNC(=O)c1cc(N2CCC(C)CC2)nc(C)n1. The number of hydrogen-bond acceptors (Lipinski definition) is 5. The third-order valence-corrected chi connectivity index (χ3v) is 3.76. The zero-order valence-electron chi connectivity index (χ0n) is 13.1. The van der Waals surface area contributed by atoms with Gasteiger partial charge in [0, 0.05) is 32.8 Å². The number of nitrogens with one attached hydrogen (secondary N) is 1. The van der Waals surface area contributed by atoms with Crippen molar-refractivity contribution >= 4 is 11.7 Å². The molecule has 0 radical (unpaired) electrons. The second-order valence-corrected chi connectivity index (χ2v) is 5.58. The van der Waals surface area contributed by atoms with E-state index >= 15 is 0 Å². The van der Waals surface area contributed by atoms with Gasteiger partial charge in [0.05, 0.1) is 6.61 Å². The molecule has 1 aliphatic heterocycles. The van der Waals surface area contributed by atoms with E-state index in [0.717, 1.165) is 24.8 Å². The van der Waals surface area contributed by atoms with Crippen LogP contribution < -0.4 is 10.2 Å². The van der Waals surface area contributed by atoms with Crippen molar-refractivity contribution in [2.45, 2.75) is 26.7 Å². The Balaban J connectivity index is 2.08. The normalized spacial score (nSPS) is 16.0. The van der Waals surface area contributed by atoms with E-state index in [0.29, 0.717) is 24.7 Å². The third kappa shape index (κ3) is 4.39. The maximum absolute atomic E-state index is 12.1. The maximum Gasteiger partial charge on any atom is 0.270 e. The Kier molecular flexibility index (Phi) is 5.50. The number of methoxy groups -OCH3 is 1. The van der Waals surface area contributed by atoms with Crippen molar-refractivity contribution in [3.05, 3.63) is 17.6 Å². The number of amides is 1. The van der Waals surface area contributed by atoms with Crippen LogP contribution in [-0.4, -0.2) is 49.2 Å². The first-order valence-electron chi connectivity index (χ1n) is 7.48. The van der Waals surface area contributed by atoms with Crippen molar-refractivity contribution in [2.24, 2.45) is 5.92 Å². The number of carbonyl (C=O) groups is 1. The molecule has 0 unspecified atom stereocenters. The first-order chi connectivity index (χ1) is 10.1. The molecular weight excluding hydrogens is 268 g/mol. The molecule has 1 N–H and O–H groups in total. The molecule has 2 rings (SSSR count). The molecule has 0 aromatic carbocycles. The van der Waals surface area contributed by atoms with Gasteiger partial charge in [-0.25, -0.2) is 9.97 Å². The Hall–Kier alpha value is -1.69.